The molecule has 7 nitrogen and oxygen atoms in total. The summed E-state index contributed by atoms with van der Waals surface area (Å²) in [6.45, 7) is 9.45. The van der Waals surface area contributed by atoms with Gasteiger partial charge in [-0.1, -0.05) is 0 Å². The van der Waals surface area contributed by atoms with E-state index in [1.165, 1.54) is 18.4 Å². The van der Waals surface area contributed by atoms with Crippen LogP contribution >= 0.6 is 0 Å². The summed E-state index contributed by atoms with van der Waals surface area (Å²) in [5.41, 5.74) is 3.25. The summed E-state index contributed by atoms with van der Waals surface area (Å²) in [6, 6.07) is 0. The fourth-order valence-corrected chi connectivity index (χ4v) is 4.64. The fourth-order valence-electron chi connectivity index (χ4n) is 4.64. The van der Waals surface area contributed by atoms with E-state index in [-0.39, 0.29) is 11.3 Å². The Kier molecular flexibility index (Phi) is 5.44. The molecule has 2 saturated heterocycles. The Morgan fingerprint density at radius 3 is 2.75 bits per heavy atom. The van der Waals surface area contributed by atoms with E-state index in [1.54, 1.807) is 12.4 Å². The van der Waals surface area contributed by atoms with Gasteiger partial charge in [-0.25, -0.2) is 0 Å². The van der Waals surface area contributed by atoms with Crippen LogP contribution in [0.25, 0.3) is 0 Å². The van der Waals surface area contributed by atoms with Crippen molar-refractivity contribution in [2.45, 2.75) is 59.2 Å². The number of carbonyl (C=O) groups is 1. The molecule has 0 bridgehead atoms. The van der Waals surface area contributed by atoms with Gasteiger partial charge in [0.2, 0.25) is 5.91 Å². The van der Waals surface area contributed by atoms with Crippen molar-refractivity contribution in [2.24, 2.45) is 5.41 Å². The van der Waals surface area contributed by atoms with Crippen LogP contribution < -0.4 is 0 Å². The fraction of sp³-hybridized carbons (Fsp3) is 0.619. The Labute approximate surface area is 166 Å². The largest absolute Gasteiger partial charge is 0.336 e. The van der Waals surface area contributed by atoms with Crippen LogP contribution in [0, 0.1) is 12.3 Å². The number of aromatic nitrogens is 4. The lowest BCUT2D eigenvalue weighted by molar-refractivity contribution is -0.140. The van der Waals surface area contributed by atoms with E-state index >= 15 is 0 Å². The maximum atomic E-state index is 12.6. The van der Waals surface area contributed by atoms with Gasteiger partial charge in [0.05, 0.1) is 30.3 Å². The summed E-state index contributed by atoms with van der Waals surface area (Å²) < 4.78 is 1.98. The zero-order valence-electron chi connectivity index (χ0n) is 17.0. The van der Waals surface area contributed by atoms with Gasteiger partial charge in [0.15, 0.2) is 0 Å². The van der Waals surface area contributed by atoms with Gasteiger partial charge in [0.1, 0.15) is 0 Å². The van der Waals surface area contributed by atoms with Crippen molar-refractivity contribution in [3.8, 4) is 0 Å². The molecule has 1 amide bonds. The standard InChI is InChI=1S/C21H30N6O/c1-3-27-13-18(10-24-27)12-25-8-4-6-21(15-25)7-5-20(28)26(16-21)14-19-11-22-17(2)9-23-19/h9-11,13H,3-8,12,14-16H2,1-2H3/t21-/m0/s1. The maximum absolute atomic E-state index is 12.6. The number of rotatable bonds is 5. The first-order chi connectivity index (χ1) is 13.5. The third-order valence-corrected chi connectivity index (χ3v) is 6.09. The molecule has 4 heterocycles. The van der Waals surface area contributed by atoms with Crippen LogP contribution in [0.4, 0.5) is 0 Å². The lowest BCUT2D eigenvalue weighted by Gasteiger charge is -2.48. The molecule has 2 aliphatic rings. The third kappa shape index (κ3) is 4.24. The molecule has 150 valence electrons. The zero-order chi connectivity index (χ0) is 19.6. The van der Waals surface area contributed by atoms with Crippen molar-refractivity contribution < 1.29 is 4.79 Å². The van der Waals surface area contributed by atoms with Crippen LogP contribution in [0.5, 0.6) is 0 Å². The Bertz CT molecular complexity index is 817. The number of hydrogen-bond acceptors (Lipinski definition) is 5. The molecule has 0 aromatic carbocycles. The Morgan fingerprint density at radius 2 is 2.00 bits per heavy atom. The van der Waals surface area contributed by atoms with Crippen molar-refractivity contribution in [3.63, 3.8) is 0 Å². The molecule has 0 N–H and O–H groups in total. The van der Waals surface area contributed by atoms with Crippen LogP contribution in [0.15, 0.2) is 24.8 Å². The molecule has 7 heteroatoms. The van der Waals surface area contributed by atoms with E-state index in [0.29, 0.717) is 13.0 Å². The summed E-state index contributed by atoms with van der Waals surface area (Å²) >= 11 is 0. The number of nitrogens with zero attached hydrogens (tertiary/aromatic N) is 6. The van der Waals surface area contributed by atoms with E-state index < -0.39 is 0 Å². The minimum absolute atomic E-state index is 0.199. The molecule has 2 aliphatic heterocycles. The summed E-state index contributed by atoms with van der Waals surface area (Å²) in [5.74, 6) is 0.245. The van der Waals surface area contributed by atoms with Crippen LogP contribution in [-0.4, -0.2) is 55.1 Å². The normalized spacial score (nSPS) is 23.5. The highest BCUT2D eigenvalue weighted by Crippen LogP contribution is 2.39. The lowest BCUT2D eigenvalue weighted by atomic mass is 9.73. The zero-order valence-corrected chi connectivity index (χ0v) is 17.0. The van der Waals surface area contributed by atoms with Crippen LogP contribution in [0.3, 0.4) is 0 Å². The van der Waals surface area contributed by atoms with Gasteiger partial charge < -0.3 is 4.90 Å². The number of hydrogen-bond donors (Lipinski definition) is 0. The highest BCUT2D eigenvalue weighted by molar-refractivity contribution is 5.77. The van der Waals surface area contributed by atoms with Crippen LogP contribution in [-0.2, 0) is 24.4 Å². The highest BCUT2D eigenvalue weighted by Gasteiger charge is 2.41. The molecular formula is C21H30N6O. The Hall–Kier alpha value is -2.28. The first-order valence-electron chi connectivity index (χ1n) is 10.3. The van der Waals surface area contributed by atoms with Crippen LogP contribution in [0.1, 0.15) is 49.6 Å². The van der Waals surface area contributed by atoms with Gasteiger partial charge in [-0.2, -0.15) is 5.10 Å². The van der Waals surface area contributed by atoms with E-state index in [2.05, 4.69) is 33.1 Å². The number of carbonyl (C=O) groups excluding carboxylic acids is 1. The van der Waals surface area contributed by atoms with Crippen molar-refractivity contribution in [2.75, 3.05) is 19.6 Å². The quantitative estimate of drug-likeness (QED) is 0.794. The predicted octanol–water partition coefficient (Wildman–Crippen LogP) is 2.41. The minimum atomic E-state index is 0.199. The molecule has 2 aromatic rings. The van der Waals surface area contributed by atoms with Gasteiger partial charge >= 0.3 is 0 Å². The van der Waals surface area contributed by atoms with Gasteiger partial charge in [-0.3, -0.25) is 24.3 Å². The van der Waals surface area contributed by atoms with Crippen molar-refractivity contribution in [1.82, 2.24) is 29.5 Å². The Balaban J connectivity index is 1.42. The average Bonchev–Trinajstić information content (AvgIpc) is 3.14. The lowest BCUT2D eigenvalue weighted by Crippen LogP contribution is -2.53. The van der Waals surface area contributed by atoms with E-state index in [0.717, 1.165) is 50.5 Å². The van der Waals surface area contributed by atoms with Gasteiger partial charge in [0.25, 0.3) is 0 Å². The molecule has 2 aromatic heterocycles. The molecular weight excluding hydrogens is 352 g/mol. The smallest absolute Gasteiger partial charge is 0.222 e. The SMILES string of the molecule is CCn1cc(CN2CCC[C@]3(CCC(=O)N(Cc4cnc(C)cn4)C3)C2)cn1. The second-order valence-corrected chi connectivity index (χ2v) is 8.42. The highest BCUT2D eigenvalue weighted by atomic mass is 16.2. The number of likely N-dealkylation sites (tertiary alicyclic amines) is 2. The van der Waals surface area contributed by atoms with Crippen LogP contribution in [0.2, 0.25) is 0 Å². The first-order valence-corrected chi connectivity index (χ1v) is 10.3. The molecule has 1 spiro atoms. The Morgan fingerprint density at radius 1 is 1.11 bits per heavy atom. The molecule has 4 rings (SSSR count). The predicted molar refractivity (Wildman–Crippen MR) is 106 cm³/mol. The number of aryl methyl sites for hydroxylation is 2. The summed E-state index contributed by atoms with van der Waals surface area (Å²) in [7, 11) is 0. The second kappa shape index (κ2) is 7.99. The number of amides is 1. The molecule has 0 saturated carbocycles. The van der Waals surface area contributed by atoms with Gasteiger partial charge in [-0.15, -0.1) is 0 Å². The number of piperidine rings is 2. The van der Waals surface area contributed by atoms with Crippen molar-refractivity contribution in [1.29, 1.82) is 0 Å². The third-order valence-electron chi connectivity index (χ3n) is 6.09. The van der Waals surface area contributed by atoms with E-state index in [4.69, 9.17) is 0 Å². The monoisotopic (exact) mass is 382 g/mol. The van der Waals surface area contributed by atoms with Gasteiger partial charge in [0, 0.05) is 56.0 Å². The van der Waals surface area contributed by atoms with Crippen molar-refractivity contribution >= 4 is 5.91 Å². The molecule has 28 heavy (non-hydrogen) atoms. The van der Waals surface area contributed by atoms with E-state index in [9.17, 15) is 4.79 Å². The second-order valence-electron chi connectivity index (χ2n) is 8.42. The first kappa shape index (κ1) is 19.1. The van der Waals surface area contributed by atoms with Crippen molar-refractivity contribution in [3.05, 3.63) is 41.7 Å². The topological polar surface area (TPSA) is 67.2 Å². The summed E-state index contributed by atoms with van der Waals surface area (Å²) in [4.78, 5) is 25.9. The maximum Gasteiger partial charge on any atom is 0.222 e. The minimum Gasteiger partial charge on any atom is -0.336 e. The molecule has 2 fully saturated rings. The summed E-state index contributed by atoms with van der Waals surface area (Å²) in [5, 5.41) is 4.40. The molecule has 0 unspecified atom stereocenters. The molecule has 0 aliphatic carbocycles. The van der Waals surface area contributed by atoms with E-state index in [1.807, 2.05) is 22.7 Å². The molecule has 1 atom stereocenters. The van der Waals surface area contributed by atoms with Gasteiger partial charge in [-0.05, 0) is 39.7 Å². The summed E-state index contributed by atoms with van der Waals surface area (Å²) in [6.07, 6.45) is 11.7. The molecule has 0 radical (unpaired) electrons. The average molecular weight is 383 g/mol.